The number of aromatic nitrogens is 5. The fourth-order valence-corrected chi connectivity index (χ4v) is 5.23. The fourth-order valence-electron chi connectivity index (χ4n) is 3.58. The molecule has 140 valence electrons. The monoisotopic (exact) mass is 385 g/mol. The maximum Gasteiger partial charge on any atom is 0.246 e. The van der Waals surface area contributed by atoms with Gasteiger partial charge in [0.1, 0.15) is 11.2 Å². The van der Waals surface area contributed by atoms with Crippen LogP contribution in [-0.2, 0) is 23.5 Å². The van der Waals surface area contributed by atoms with E-state index in [9.17, 15) is 8.42 Å². The summed E-state index contributed by atoms with van der Waals surface area (Å²) in [5.74, 6) is 0.275. The lowest BCUT2D eigenvalue weighted by atomic mass is 9.91. The largest absolute Gasteiger partial charge is 0.270 e. The van der Waals surface area contributed by atoms with E-state index in [0.29, 0.717) is 18.8 Å². The molecule has 4 rings (SSSR count). The molecule has 0 aliphatic carbocycles. The Bertz CT molecular complexity index is 1120. The van der Waals surface area contributed by atoms with Crippen molar-refractivity contribution in [2.45, 2.75) is 30.1 Å². The van der Waals surface area contributed by atoms with Crippen molar-refractivity contribution >= 4 is 15.7 Å². The molecule has 1 fully saturated rings. The average Bonchev–Trinajstić information content (AvgIpc) is 3.29. The number of hydrogen-bond acceptors (Lipinski definition) is 6. The second-order valence-electron chi connectivity index (χ2n) is 6.62. The van der Waals surface area contributed by atoms with Gasteiger partial charge in [-0.25, -0.2) is 17.9 Å². The molecular weight excluding hydrogens is 366 g/mol. The summed E-state index contributed by atoms with van der Waals surface area (Å²) in [6.45, 7) is 0.868. The molecule has 0 saturated carbocycles. The highest BCUT2D eigenvalue weighted by Gasteiger charge is 2.33. The van der Waals surface area contributed by atoms with Gasteiger partial charge in [0, 0.05) is 26.3 Å². The number of nitrogens with zero attached hydrogens (tertiary/aromatic N) is 7. The zero-order valence-electron chi connectivity index (χ0n) is 14.9. The van der Waals surface area contributed by atoms with Crippen LogP contribution in [0, 0.1) is 11.3 Å². The summed E-state index contributed by atoms with van der Waals surface area (Å²) in [6.07, 6.45) is 6.29. The van der Waals surface area contributed by atoms with Crippen LogP contribution >= 0.6 is 0 Å². The minimum Gasteiger partial charge on any atom is -0.270 e. The molecule has 1 aliphatic heterocycles. The van der Waals surface area contributed by atoms with Crippen LogP contribution in [0.15, 0.2) is 35.7 Å². The summed E-state index contributed by atoms with van der Waals surface area (Å²) in [5, 5.41) is 17.2. The number of fused-ring (bicyclic) bond motifs is 1. The minimum absolute atomic E-state index is 0.0133. The third kappa shape index (κ3) is 3.09. The topological polar surface area (TPSA) is 109 Å². The Morgan fingerprint density at radius 1 is 1.26 bits per heavy atom. The quantitative estimate of drug-likeness (QED) is 0.665. The molecule has 9 nitrogen and oxygen atoms in total. The maximum absolute atomic E-state index is 13.0. The van der Waals surface area contributed by atoms with Crippen LogP contribution in [0.4, 0.5) is 0 Å². The summed E-state index contributed by atoms with van der Waals surface area (Å²) < 4.78 is 30.7. The van der Waals surface area contributed by atoms with E-state index in [1.54, 1.807) is 11.6 Å². The second-order valence-corrected chi connectivity index (χ2v) is 8.52. The molecule has 0 N–H and O–H groups in total. The summed E-state index contributed by atoms with van der Waals surface area (Å²) in [4.78, 5) is 4.28. The van der Waals surface area contributed by atoms with E-state index in [2.05, 4.69) is 15.2 Å². The van der Waals surface area contributed by atoms with Gasteiger partial charge in [-0.15, -0.1) is 0 Å². The van der Waals surface area contributed by atoms with E-state index in [0.717, 1.165) is 24.1 Å². The molecule has 3 aromatic rings. The Balaban J connectivity index is 1.52. The Hall–Kier alpha value is -2.77. The first-order valence-corrected chi connectivity index (χ1v) is 10.1. The van der Waals surface area contributed by atoms with Gasteiger partial charge in [-0.3, -0.25) is 4.68 Å². The van der Waals surface area contributed by atoms with E-state index in [4.69, 9.17) is 5.26 Å². The standard InChI is InChI=1S/C17H19N7O2S/c1-22-15(4-7-18)16(10-20-22)27(25,26)23-8-5-13(6-9-23)14-2-3-17-19-12-21-24(17)11-14/h2-3,10-13H,4-6,8-9H2,1H3. The summed E-state index contributed by atoms with van der Waals surface area (Å²) >= 11 is 0. The maximum atomic E-state index is 13.0. The highest BCUT2D eigenvalue weighted by Crippen LogP contribution is 2.31. The number of nitriles is 1. The predicted molar refractivity (Wildman–Crippen MR) is 96.2 cm³/mol. The van der Waals surface area contributed by atoms with Crippen molar-refractivity contribution in [3.05, 3.63) is 42.1 Å². The number of hydrogen-bond donors (Lipinski definition) is 0. The van der Waals surface area contributed by atoms with Gasteiger partial charge in [0.15, 0.2) is 5.65 Å². The number of sulfonamides is 1. The van der Waals surface area contributed by atoms with Crippen molar-refractivity contribution in [1.29, 1.82) is 5.26 Å². The summed E-state index contributed by atoms with van der Waals surface area (Å²) in [5.41, 5.74) is 2.35. The number of pyridine rings is 1. The third-order valence-corrected chi connectivity index (χ3v) is 7.05. The van der Waals surface area contributed by atoms with Gasteiger partial charge < -0.3 is 0 Å². The Morgan fingerprint density at radius 3 is 2.78 bits per heavy atom. The van der Waals surface area contributed by atoms with Gasteiger partial charge >= 0.3 is 0 Å². The lowest BCUT2D eigenvalue weighted by molar-refractivity contribution is 0.319. The van der Waals surface area contributed by atoms with Crippen LogP contribution in [0.5, 0.6) is 0 Å². The molecule has 0 bridgehead atoms. The van der Waals surface area contributed by atoms with Crippen LogP contribution in [0.2, 0.25) is 0 Å². The first kappa shape index (κ1) is 17.6. The van der Waals surface area contributed by atoms with Crippen LogP contribution in [0.1, 0.15) is 30.0 Å². The van der Waals surface area contributed by atoms with Gasteiger partial charge in [0.25, 0.3) is 0 Å². The number of rotatable bonds is 4. The van der Waals surface area contributed by atoms with Gasteiger partial charge in [-0.2, -0.15) is 19.8 Å². The minimum atomic E-state index is -3.65. The van der Waals surface area contributed by atoms with Crippen molar-refractivity contribution < 1.29 is 8.42 Å². The highest BCUT2D eigenvalue weighted by atomic mass is 32.2. The number of aryl methyl sites for hydroxylation is 1. The summed E-state index contributed by atoms with van der Waals surface area (Å²) in [7, 11) is -2.00. The van der Waals surface area contributed by atoms with Crippen LogP contribution < -0.4 is 0 Å². The molecule has 10 heteroatoms. The number of piperidine rings is 1. The van der Waals surface area contributed by atoms with Crippen LogP contribution in [0.3, 0.4) is 0 Å². The smallest absolute Gasteiger partial charge is 0.246 e. The fraction of sp³-hybridized carbons (Fsp3) is 0.412. The van der Waals surface area contributed by atoms with E-state index < -0.39 is 10.0 Å². The molecule has 0 radical (unpaired) electrons. The first-order chi connectivity index (χ1) is 13.0. The Morgan fingerprint density at radius 2 is 2.04 bits per heavy atom. The zero-order chi connectivity index (χ0) is 19.0. The first-order valence-electron chi connectivity index (χ1n) is 8.68. The molecule has 4 heterocycles. The molecule has 1 aliphatic rings. The molecule has 0 aromatic carbocycles. The Labute approximate surface area is 156 Å². The predicted octanol–water partition coefficient (Wildman–Crippen LogP) is 1.10. The molecule has 1 saturated heterocycles. The van der Waals surface area contributed by atoms with Gasteiger partial charge in [0.2, 0.25) is 10.0 Å². The van der Waals surface area contributed by atoms with E-state index in [-0.39, 0.29) is 17.2 Å². The second kappa shape index (κ2) is 6.75. The van der Waals surface area contributed by atoms with Crippen molar-refractivity contribution in [3.63, 3.8) is 0 Å². The molecule has 0 spiro atoms. The summed E-state index contributed by atoms with van der Waals surface area (Å²) in [6, 6.07) is 5.97. The van der Waals surface area contributed by atoms with Crippen molar-refractivity contribution in [2.24, 2.45) is 7.05 Å². The van der Waals surface area contributed by atoms with E-state index in [1.807, 2.05) is 24.4 Å². The van der Waals surface area contributed by atoms with E-state index in [1.165, 1.54) is 21.5 Å². The zero-order valence-corrected chi connectivity index (χ0v) is 15.7. The lowest BCUT2D eigenvalue weighted by Crippen LogP contribution is -2.38. The van der Waals surface area contributed by atoms with Gasteiger partial charge in [-0.1, -0.05) is 6.07 Å². The Kier molecular flexibility index (Phi) is 4.41. The van der Waals surface area contributed by atoms with Crippen molar-refractivity contribution in [3.8, 4) is 6.07 Å². The normalized spacial score (nSPS) is 16.6. The van der Waals surface area contributed by atoms with Crippen molar-refractivity contribution in [1.82, 2.24) is 28.7 Å². The molecule has 3 aromatic heterocycles. The van der Waals surface area contributed by atoms with E-state index >= 15 is 0 Å². The van der Waals surface area contributed by atoms with Crippen LogP contribution in [0.25, 0.3) is 5.65 Å². The van der Waals surface area contributed by atoms with Gasteiger partial charge in [-0.05, 0) is 30.4 Å². The molecule has 0 atom stereocenters. The molecule has 0 unspecified atom stereocenters. The SMILES string of the molecule is Cn1ncc(S(=O)(=O)N2CCC(c3ccc4ncnn4c3)CC2)c1CC#N. The van der Waals surface area contributed by atoms with Crippen molar-refractivity contribution in [2.75, 3.05) is 13.1 Å². The molecule has 27 heavy (non-hydrogen) atoms. The van der Waals surface area contributed by atoms with Gasteiger partial charge in [0.05, 0.1) is 24.4 Å². The molecular formula is C17H19N7O2S. The lowest BCUT2D eigenvalue weighted by Gasteiger charge is -2.31. The van der Waals surface area contributed by atoms with Crippen LogP contribution in [-0.4, -0.2) is 50.2 Å². The average molecular weight is 385 g/mol. The molecule has 0 amide bonds. The highest BCUT2D eigenvalue weighted by molar-refractivity contribution is 7.89. The third-order valence-electron chi connectivity index (χ3n) is 5.11.